The van der Waals surface area contributed by atoms with E-state index in [1.54, 1.807) is 6.33 Å². The van der Waals surface area contributed by atoms with E-state index >= 15 is 0 Å². The van der Waals surface area contributed by atoms with Crippen molar-refractivity contribution in [2.24, 2.45) is 0 Å². The third kappa shape index (κ3) is 3.78. The molecule has 23 heavy (non-hydrogen) atoms. The highest BCUT2D eigenvalue weighted by atomic mass is 15.2. The summed E-state index contributed by atoms with van der Waals surface area (Å²) in [5.41, 5.74) is 2.30. The summed E-state index contributed by atoms with van der Waals surface area (Å²) in [6.45, 7) is 6.45. The Morgan fingerprint density at radius 1 is 1.17 bits per heavy atom. The van der Waals surface area contributed by atoms with Gasteiger partial charge in [0, 0.05) is 25.4 Å². The van der Waals surface area contributed by atoms with Crippen molar-refractivity contribution in [3.63, 3.8) is 0 Å². The fraction of sp³-hybridized carbons (Fsp3) is 0.500. The summed E-state index contributed by atoms with van der Waals surface area (Å²) in [4.78, 5) is 15.7. The Kier molecular flexibility index (Phi) is 5.05. The topological polar surface area (TPSA) is 53.9 Å². The lowest BCUT2D eigenvalue weighted by atomic mass is 10.1. The van der Waals surface area contributed by atoms with Crippen molar-refractivity contribution in [1.82, 2.24) is 15.0 Å². The van der Waals surface area contributed by atoms with Gasteiger partial charge in [0.05, 0.1) is 11.7 Å². The highest BCUT2D eigenvalue weighted by molar-refractivity contribution is 5.49. The Balaban J connectivity index is 1.77. The van der Waals surface area contributed by atoms with Gasteiger partial charge in [0.1, 0.15) is 18.0 Å². The zero-order valence-electron chi connectivity index (χ0n) is 14.0. The van der Waals surface area contributed by atoms with Gasteiger partial charge in [-0.25, -0.2) is 9.97 Å². The van der Waals surface area contributed by atoms with Crippen LogP contribution in [0.5, 0.6) is 0 Å². The van der Waals surface area contributed by atoms with Gasteiger partial charge < -0.3 is 10.2 Å². The fourth-order valence-electron chi connectivity index (χ4n) is 3.13. The third-order valence-electron chi connectivity index (χ3n) is 4.44. The van der Waals surface area contributed by atoms with Gasteiger partial charge in [-0.3, -0.25) is 4.98 Å². The second kappa shape index (κ2) is 7.40. The van der Waals surface area contributed by atoms with Crippen LogP contribution in [0.25, 0.3) is 0 Å². The van der Waals surface area contributed by atoms with Crippen LogP contribution in [-0.4, -0.2) is 28.0 Å². The highest BCUT2D eigenvalue weighted by Gasteiger charge is 2.16. The van der Waals surface area contributed by atoms with Gasteiger partial charge in [0.15, 0.2) is 0 Å². The first kappa shape index (κ1) is 15.7. The number of aryl methyl sites for hydroxylation is 1. The largest absolute Gasteiger partial charge is 0.362 e. The van der Waals surface area contributed by atoms with Gasteiger partial charge in [-0.2, -0.15) is 0 Å². The predicted octanol–water partition coefficient (Wildman–Crippen LogP) is 3.73. The second-order valence-electron chi connectivity index (χ2n) is 6.12. The van der Waals surface area contributed by atoms with Gasteiger partial charge in [0.2, 0.25) is 0 Å². The lowest BCUT2D eigenvalue weighted by Crippen LogP contribution is -2.30. The molecule has 122 valence electrons. The Labute approximate surface area is 138 Å². The molecule has 5 heteroatoms. The average molecular weight is 311 g/mol. The van der Waals surface area contributed by atoms with Crippen LogP contribution in [-0.2, 0) is 0 Å². The van der Waals surface area contributed by atoms with Gasteiger partial charge in [-0.15, -0.1) is 0 Å². The van der Waals surface area contributed by atoms with Gasteiger partial charge >= 0.3 is 0 Å². The molecular formula is C18H25N5. The molecule has 3 rings (SSSR count). The van der Waals surface area contributed by atoms with Gasteiger partial charge in [-0.05, 0) is 44.2 Å². The van der Waals surface area contributed by atoms with Crippen LogP contribution < -0.4 is 10.2 Å². The lowest BCUT2D eigenvalue weighted by Gasteiger charge is -2.28. The molecule has 0 unspecified atom stereocenters. The molecule has 2 aromatic rings. The Morgan fingerprint density at radius 3 is 2.74 bits per heavy atom. The maximum Gasteiger partial charge on any atom is 0.134 e. The van der Waals surface area contributed by atoms with E-state index in [0.29, 0.717) is 0 Å². The molecule has 1 aliphatic rings. The smallest absolute Gasteiger partial charge is 0.134 e. The molecule has 1 fully saturated rings. The van der Waals surface area contributed by atoms with Crippen LogP contribution in [0.4, 0.5) is 11.6 Å². The quantitative estimate of drug-likeness (QED) is 0.911. The summed E-state index contributed by atoms with van der Waals surface area (Å²) in [7, 11) is 0. The summed E-state index contributed by atoms with van der Waals surface area (Å²) in [5.74, 6) is 1.90. The third-order valence-corrected chi connectivity index (χ3v) is 4.44. The zero-order chi connectivity index (χ0) is 16.1. The number of rotatable bonds is 5. The van der Waals surface area contributed by atoms with E-state index in [2.05, 4.69) is 51.1 Å². The number of aromatic nitrogens is 3. The number of piperidine rings is 1. The first-order valence-corrected chi connectivity index (χ1v) is 8.53. The fourth-order valence-corrected chi connectivity index (χ4v) is 3.13. The summed E-state index contributed by atoms with van der Waals surface area (Å²) in [6.07, 6.45) is 8.29. The number of pyridine rings is 1. The molecule has 0 saturated carbocycles. The molecule has 0 amide bonds. The summed E-state index contributed by atoms with van der Waals surface area (Å²) in [6, 6.07) is 6.31. The average Bonchev–Trinajstić information content (AvgIpc) is 2.61. The Hall–Kier alpha value is -2.17. The molecule has 0 aromatic carbocycles. The first-order chi connectivity index (χ1) is 11.3. The van der Waals surface area contributed by atoms with Crippen molar-refractivity contribution in [2.45, 2.75) is 45.6 Å². The standard InChI is InChI=1S/C18H25N5/c1-3-15(18-14(2)8-7-9-19-18)22-16-12-17(21-13-20-16)23-10-5-4-6-11-23/h7-9,12-13,15H,3-6,10-11H2,1-2H3,(H,20,21,22)/t15-/m1/s1. The summed E-state index contributed by atoms with van der Waals surface area (Å²) < 4.78 is 0. The molecule has 1 N–H and O–H groups in total. The zero-order valence-corrected chi connectivity index (χ0v) is 14.0. The van der Waals surface area contributed by atoms with Crippen molar-refractivity contribution in [2.75, 3.05) is 23.3 Å². The minimum absolute atomic E-state index is 0.167. The van der Waals surface area contributed by atoms with Crippen molar-refractivity contribution in [3.8, 4) is 0 Å². The number of hydrogen-bond donors (Lipinski definition) is 1. The molecule has 0 bridgehead atoms. The molecule has 0 aliphatic carbocycles. The molecule has 2 aromatic heterocycles. The number of hydrogen-bond acceptors (Lipinski definition) is 5. The molecule has 3 heterocycles. The minimum atomic E-state index is 0.167. The van der Waals surface area contributed by atoms with E-state index in [0.717, 1.165) is 36.8 Å². The van der Waals surface area contributed by atoms with E-state index in [1.165, 1.54) is 24.8 Å². The number of anilines is 2. The van der Waals surface area contributed by atoms with Crippen molar-refractivity contribution in [3.05, 3.63) is 42.0 Å². The summed E-state index contributed by atoms with van der Waals surface area (Å²) in [5, 5.41) is 3.53. The van der Waals surface area contributed by atoms with E-state index in [4.69, 9.17) is 0 Å². The normalized spacial score (nSPS) is 16.2. The molecule has 5 nitrogen and oxygen atoms in total. The van der Waals surface area contributed by atoms with E-state index in [9.17, 15) is 0 Å². The summed E-state index contributed by atoms with van der Waals surface area (Å²) >= 11 is 0. The molecule has 0 spiro atoms. The van der Waals surface area contributed by atoms with Gasteiger partial charge in [0.25, 0.3) is 0 Å². The van der Waals surface area contributed by atoms with E-state index in [-0.39, 0.29) is 6.04 Å². The maximum absolute atomic E-state index is 4.54. The maximum atomic E-state index is 4.54. The van der Waals surface area contributed by atoms with Crippen molar-refractivity contribution >= 4 is 11.6 Å². The van der Waals surface area contributed by atoms with E-state index < -0.39 is 0 Å². The molecule has 1 aliphatic heterocycles. The predicted molar refractivity (Wildman–Crippen MR) is 93.7 cm³/mol. The van der Waals surface area contributed by atoms with Crippen molar-refractivity contribution in [1.29, 1.82) is 0 Å². The van der Waals surface area contributed by atoms with Crippen LogP contribution in [0.1, 0.15) is 49.9 Å². The van der Waals surface area contributed by atoms with Crippen LogP contribution in [0, 0.1) is 6.92 Å². The lowest BCUT2D eigenvalue weighted by molar-refractivity contribution is 0.573. The molecule has 1 saturated heterocycles. The van der Waals surface area contributed by atoms with E-state index in [1.807, 2.05) is 12.3 Å². The van der Waals surface area contributed by atoms with Crippen molar-refractivity contribution < 1.29 is 0 Å². The Morgan fingerprint density at radius 2 is 2.00 bits per heavy atom. The molecule has 1 atom stereocenters. The highest BCUT2D eigenvalue weighted by Crippen LogP contribution is 2.24. The SMILES string of the molecule is CC[C@@H](Nc1cc(N2CCCCC2)ncn1)c1ncccc1C. The van der Waals surface area contributed by atoms with Crippen LogP contribution in [0.2, 0.25) is 0 Å². The van der Waals surface area contributed by atoms with Gasteiger partial charge in [-0.1, -0.05) is 13.0 Å². The molecule has 0 radical (unpaired) electrons. The number of nitrogens with zero attached hydrogens (tertiary/aromatic N) is 4. The molecular weight excluding hydrogens is 286 g/mol. The minimum Gasteiger partial charge on any atom is -0.362 e. The van der Waals surface area contributed by atoms with Crippen LogP contribution in [0.3, 0.4) is 0 Å². The number of nitrogens with one attached hydrogen (secondary N) is 1. The van der Waals surface area contributed by atoms with Crippen LogP contribution in [0.15, 0.2) is 30.7 Å². The Bertz CT molecular complexity index is 637. The van der Waals surface area contributed by atoms with Crippen LogP contribution >= 0.6 is 0 Å². The second-order valence-corrected chi connectivity index (χ2v) is 6.12. The first-order valence-electron chi connectivity index (χ1n) is 8.53. The monoisotopic (exact) mass is 311 g/mol.